The van der Waals surface area contributed by atoms with Crippen LogP contribution < -0.4 is 4.90 Å². The minimum atomic E-state index is -0.495. The summed E-state index contributed by atoms with van der Waals surface area (Å²) in [6.07, 6.45) is 0. The Labute approximate surface area is 347 Å². The highest BCUT2D eigenvalue weighted by Gasteiger charge is 2.46. The van der Waals surface area contributed by atoms with Gasteiger partial charge in [0.25, 0.3) is 0 Å². The van der Waals surface area contributed by atoms with Gasteiger partial charge < -0.3 is 4.90 Å². The van der Waals surface area contributed by atoms with Crippen LogP contribution in [0.25, 0.3) is 64.0 Å². The van der Waals surface area contributed by atoms with E-state index in [2.05, 4.69) is 229 Å². The van der Waals surface area contributed by atoms with Crippen molar-refractivity contribution in [1.82, 2.24) is 0 Å². The summed E-state index contributed by atoms with van der Waals surface area (Å²) < 4.78 is 2.68. The number of rotatable bonds is 6. The molecule has 0 saturated carbocycles. The maximum absolute atomic E-state index is 2.46. The Hall–Kier alpha value is -7.26. The number of benzene rings is 10. The summed E-state index contributed by atoms with van der Waals surface area (Å²) in [6, 6.07) is 83.0. The average molecular weight is 768 g/mol. The number of hydrogen-bond donors (Lipinski definition) is 0. The van der Waals surface area contributed by atoms with Gasteiger partial charge in [-0.3, -0.25) is 0 Å². The van der Waals surface area contributed by atoms with E-state index in [0.717, 1.165) is 17.1 Å². The molecule has 1 nitrogen and oxygen atoms in total. The van der Waals surface area contributed by atoms with Crippen molar-refractivity contribution in [1.29, 1.82) is 0 Å². The highest BCUT2D eigenvalue weighted by Crippen LogP contribution is 2.57. The number of thiophene rings is 1. The van der Waals surface area contributed by atoms with Crippen LogP contribution >= 0.6 is 11.3 Å². The van der Waals surface area contributed by atoms with Crippen molar-refractivity contribution in [3.63, 3.8) is 0 Å². The molecule has 0 atom stereocenters. The number of hydrogen-bond acceptors (Lipinski definition) is 2. The second-order valence-corrected chi connectivity index (χ2v) is 16.7. The van der Waals surface area contributed by atoms with Crippen LogP contribution in [0.2, 0.25) is 0 Å². The van der Waals surface area contributed by atoms with Crippen LogP contribution in [0.1, 0.15) is 22.3 Å². The number of nitrogens with zero attached hydrogens (tertiary/aromatic N) is 1. The van der Waals surface area contributed by atoms with Crippen LogP contribution in [0, 0.1) is 0 Å². The monoisotopic (exact) mass is 767 g/mol. The van der Waals surface area contributed by atoms with Crippen molar-refractivity contribution in [3.8, 4) is 22.3 Å². The summed E-state index contributed by atoms with van der Waals surface area (Å²) in [4.78, 5) is 2.45. The Kier molecular flexibility index (Phi) is 7.69. The van der Waals surface area contributed by atoms with Gasteiger partial charge in [0.1, 0.15) is 0 Å². The molecule has 0 bridgehead atoms. The van der Waals surface area contributed by atoms with Crippen LogP contribution in [0.3, 0.4) is 0 Å². The third-order valence-electron chi connectivity index (χ3n) is 12.5. The molecule has 1 aliphatic carbocycles. The molecule has 0 radical (unpaired) electrons. The van der Waals surface area contributed by atoms with Gasteiger partial charge in [-0.2, -0.15) is 0 Å². The maximum Gasteiger partial charge on any atom is 0.0714 e. The summed E-state index contributed by atoms with van der Waals surface area (Å²) >= 11 is 1.90. The predicted octanol–water partition coefficient (Wildman–Crippen LogP) is 15.9. The molecule has 0 amide bonds. The quantitative estimate of drug-likeness (QED) is 0.152. The molecule has 1 aliphatic rings. The van der Waals surface area contributed by atoms with Crippen LogP contribution in [-0.2, 0) is 5.41 Å². The lowest BCUT2D eigenvalue weighted by Crippen LogP contribution is -2.28. The molecule has 0 fully saturated rings. The van der Waals surface area contributed by atoms with Crippen LogP contribution in [-0.4, -0.2) is 0 Å². The van der Waals surface area contributed by atoms with Gasteiger partial charge in [-0.1, -0.05) is 182 Å². The van der Waals surface area contributed by atoms with Gasteiger partial charge in [-0.25, -0.2) is 0 Å². The normalized spacial score (nSPS) is 12.9. The molecular formula is C57H37NS. The van der Waals surface area contributed by atoms with Crippen molar-refractivity contribution in [2.75, 3.05) is 4.90 Å². The fourth-order valence-electron chi connectivity index (χ4n) is 9.91. The van der Waals surface area contributed by atoms with Crippen LogP contribution in [0.4, 0.5) is 17.1 Å². The van der Waals surface area contributed by atoms with E-state index < -0.39 is 5.41 Å². The predicted molar refractivity (Wildman–Crippen MR) is 252 cm³/mol. The van der Waals surface area contributed by atoms with Gasteiger partial charge in [0.05, 0.1) is 5.41 Å². The highest BCUT2D eigenvalue weighted by atomic mass is 32.1. The van der Waals surface area contributed by atoms with Gasteiger partial charge in [0.2, 0.25) is 0 Å². The average Bonchev–Trinajstić information content (AvgIpc) is 3.84. The first-order chi connectivity index (χ1) is 29.3. The molecule has 12 rings (SSSR count). The van der Waals surface area contributed by atoms with Gasteiger partial charge >= 0.3 is 0 Å². The van der Waals surface area contributed by atoms with E-state index >= 15 is 0 Å². The molecule has 1 aromatic heterocycles. The lowest BCUT2D eigenvalue weighted by molar-refractivity contribution is 0.768. The second-order valence-electron chi connectivity index (χ2n) is 15.6. The number of fused-ring (bicyclic) bond motifs is 10. The van der Waals surface area contributed by atoms with Crippen molar-refractivity contribution in [3.05, 3.63) is 247 Å². The Morgan fingerprint density at radius 2 is 0.915 bits per heavy atom. The second kappa shape index (κ2) is 13.4. The van der Waals surface area contributed by atoms with Crippen molar-refractivity contribution in [2.24, 2.45) is 0 Å². The van der Waals surface area contributed by atoms with Gasteiger partial charge in [-0.05, 0) is 103 Å². The van der Waals surface area contributed by atoms with E-state index in [1.807, 2.05) is 11.3 Å². The fourth-order valence-corrected chi connectivity index (χ4v) is 11.2. The van der Waals surface area contributed by atoms with Crippen molar-refractivity contribution >= 4 is 70.1 Å². The summed E-state index contributed by atoms with van der Waals surface area (Å²) in [5.74, 6) is 0. The van der Waals surface area contributed by atoms with E-state index in [1.54, 1.807) is 0 Å². The third-order valence-corrected chi connectivity index (χ3v) is 13.7. The zero-order valence-corrected chi connectivity index (χ0v) is 33.0. The van der Waals surface area contributed by atoms with E-state index in [0.29, 0.717) is 0 Å². The maximum atomic E-state index is 2.46. The number of anilines is 3. The first kappa shape index (κ1) is 33.8. The van der Waals surface area contributed by atoms with Crippen LogP contribution in [0.15, 0.2) is 224 Å². The summed E-state index contributed by atoms with van der Waals surface area (Å²) in [7, 11) is 0. The van der Waals surface area contributed by atoms with Gasteiger partial charge in [0.15, 0.2) is 0 Å². The molecule has 0 saturated heterocycles. The van der Waals surface area contributed by atoms with Gasteiger partial charge in [-0.15, -0.1) is 11.3 Å². The summed E-state index contributed by atoms with van der Waals surface area (Å²) in [5, 5.41) is 7.76. The molecular weight excluding hydrogens is 731 g/mol. The molecule has 276 valence electrons. The highest BCUT2D eigenvalue weighted by molar-refractivity contribution is 7.26. The molecule has 0 spiro atoms. The van der Waals surface area contributed by atoms with Gasteiger partial charge in [0, 0.05) is 42.6 Å². The molecule has 0 unspecified atom stereocenters. The SMILES string of the molecule is c1ccc(-c2ccc(N(c3ccc4c(c3)C(c3ccccc3)(c3ccccc3)c3ccccc3-4)c3ccc4c(ccc5ccc6c7ccccc7sc6c54)c3)cc2)cc1. The molecule has 0 aliphatic heterocycles. The zero-order valence-electron chi connectivity index (χ0n) is 32.2. The lowest BCUT2D eigenvalue weighted by atomic mass is 9.67. The summed E-state index contributed by atoms with van der Waals surface area (Å²) in [6.45, 7) is 0. The molecule has 0 N–H and O–H groups in total. The Morgan fingerprint density at radius 3 is 1.69 bits per heavy atom. The largest absolute Gasteiger partial charge is 0.310 e. The third kappa shape index (κ3) is 5.17. The standard InChI is InChI=1S/C57H37NS/c1-4-14-38(15-5-1)39-26-29-44(30-27-39)58(45-31-34-47-41(36-45)25-24-40-28-33-51-50-21-11-13-23-54(50)59-56(51)55(40)47)46-32-35-49-48-20-10-12-22-52(48)57(53(49)37-46,42-16-6-2-7-17-42)43-18-8-3-9-19-43/h1-37H. The molecule has 59 heavy (non-hydrogen) atoms. The lowest BCUT2D eigenvalue weighted by Gasteiger charge is -2.35. The first-order valence-electron chi connectivity index (χ1n) is 20.3. The Bertz CT molecular complexity index is 3330. The van der Waals surface area contributed by atoms with Crippen molar-refractivity contribution < 1.29 is 0 Å². The van der Waals surface area contributed by atoms with E-state index in [1.165, 1.54) is 86.2 Å². The van der Waals surface area contributed by atoms with E-state index in [4.69, 9.17) is 0 Å². The van der Waals surface area contributed by atoms with Crippen LogP contribution in [0.5, 0.6) is 0 Å². The fraction of sp³-hybridized carbons (Fsp3) is 0.0175. The molecule has 11 aromatic rings. The van der Waals surface area contributed by atoms with E-state index in [-0.39, 0.29) is 0 Å². The Balaban J connectivity index is 1.10. The van der Waals surface area contributed by atoms with Crippen molar-refractivity contribution in [2.45, 2.75) is 5.41 Å². The zero-order chi connectivity index (χ0) is 38.9. The molecule has 2 heteroatoms. The summed E-state index contributed by atoms with van der Waals surface area (Å²) in [5.41, 5.74) is 12.9. The Morgan fingerprint density at radius 1 is 0.356 bits per heavy atom. The first-order valence-corrected chi connectivity index (χ1v) is 21.2. The topological polar surface area (TPSA) is 3.24 Å². The van der Waals surface area contributed by atoms with E-state index in [9.17, 15) is 0 Å². The molecule has 10 aromatic carbocycles. The minimum Gasteiger partial charge on any atom is -0.310 e. The molecule has 1 heterocycles. The minimum absolute atomic E-state index is 0.495. The smallest absolute Gasteiger partial charge is 0.0714 e.